The summed E-state index contributed by atoms with van der Waals surface area (Å²) in [5.74, 6) is 0. The molecule has 1 aromatic carbocycles. The van der Waals surface area contributed by atoms with Gasteiger partial charge in [0.1, 0.15) is 5.67 Å². The molecule has 0 N–H and O–H groups in total. The first kappa shape index (κ1) is 12.5. The van der Waals surface area contributed by atoms with E-state index in [1.807, 2.05) is 12.1 Å². The molecular formula is C13H18ClF. The highest BCUT2D eigenvalue weighted by Crippen LogP contribution is 2.34. The summed E-state index contributed by atoms with van der Waals surface area (Å²) >= 11 is 5.99. The molecule has 2 heteroatoms. The third kappa shape index (κ3) is 2.94. The standard InChI is InChI=1S/C13H18ClF/c1-12(2,3)9-6-7-11(14)10(8-9)13(4,5)15/h6-8H,1-5H3. The molecule has 0 atom stereocenters. The molecule has 15 heavy (non-hydrogen) atoms. The first-order chi connectivity index (χ1) is 6.62. The number of benzene rings is 1. The molecule has 0 bridgehead atoms. The molecule has 0 nitrogen and oxygen atoms in total. The maximum atomic E-state index is 13.9. The van der Waals surface area contributed by atoms with E-state index in [-0.39, 0.29) is 5.41 Å². The van der Waals surface area contributed by atoms with E-state index in [4.69, 9.17) is 11.6 Å². The summed E-state index contributed by atoms with van der Waals surface area (Å²) in [7, 11) is 0. The Hall–Kier alpha value is -0.560. The Kier molecular flexibility index (Phi) is 3.16. The Labute approximate surface area is 96.5 Å². The summed E-state index contributed by atoms with van der Waals surface area (Å²) in [6.45, 7) is 9.36. The Morgan fingerprint density at radius 3 is 2.00 bits per heavy atom. The fourth-order valence-electron chi connectivity index (χ4n) is 1.45. The molecule has 1 aromatic rings. The predicted octanol–water partition coefficient (Wildman–Crippen LogP) is 4.84. The molecule has 0 heterocycles. The van der Waals surface area contributed by atoms with E-state index in [1.54, 1.807) is 6.07 Å². The number of alkyl halides is 1. The number of hydrogen-bond acceptors (Lipinski definition) is 0. The van der Waals surface area contributed by atoms with Gasteiger partial charge in [-0.1, -0.05) is 44.5 Å². The van der Waals surface area contributed by atoms with Crippen LogP contribution in [0.2, 0.25) is 5.02 Å². The number of halogens is 2. The highest BCUT2D eigenvalue weighted by atomic mass is 35.5. The molecule has 0 saturated carbocycles. The van der Waals surface area contributed by atoms with Gasteiger partial charge in [0.2, 0.25) is 0 Å². The van der Waals surface area contributed by atoms with Crippen LogP contribution in [0.5, 0.6) is 0 Å². The third-order valence-electron chi connectivity index (χ3n) is 2.47. The highest BCUT2D eigenvalue weighted by Gasteiger charge is 2.24. The largest absolute Gasteiger partial charge is 0.239 e. The van der Waals surface area contributed by atoms with Crippen LogP contribution in [0.4, 0.5) is 4.39 Å². The summed E-state index contributed by atoms with van der Waals surface area (Å²) < 4.78 is 13.9. The fraction of sp³-hybridized carbons (Fsp3) is 0.538. The molecule has 0 amide bonds. The Bertz CT molecular complexity index is 356. The van der Waals surface area contributed by atoms with Gasteiger partial charge in [-0.25, -0.2) is 4.39 Å². The van der Waals surface area contributed by atoms with Crippen LogP contribution in [0, 0.1) is 0 Å². The van der Waals surface area contributed by atoms with E-state index in [1.165, 1.54) is 13.8 Å². The first-order valence-electron chi connectivity index (χ1n) is 5.12. The molecule has 0 saturated heterocycles. The second-order valence-electron chi connectivity index (χ2n) is 5.42. The summed E-state index contributed by atoms with van der Waals surface area (Å²) in [6.07, 6.45) is 0. The van der Waals surface area contributed by atoms with Gasteiger partial charge in [0, 0.05) is 10.6 Å². The third-order valence-corrected chi connectivity index (χ3v) is 2.80. The van der Waals surface area contributed by atoms with Crippen molar-refractivity contribution in [2.24, 2.45) is 0 Å². The topological polar surface area (TPSA) is 0 Å². The Morgan fingerprint density at radius 1 is 1.07 bits per heavy atom. The zero-order chi connectivity index (χ0) is 11.9. The van der Waals surface area contributed by atoms with Crippen LogP contribution in [0.15, 0.2) is 18.2 Å². The van der Waals surface area contributed by atoms with E-state index in [0.29, 0.717) is 10.6 Å². The lowest BCUT2D eigenvalue weighted by Gasteiger charge is -2.23. The van der Waals surface area contributed by atoms with Crippen LogP contribution >= 0.6 is 11.6 Å². The van der Waals surface area contributed by atoms with E-state index in [9.17, 15) is 4.39 Å². The highest BCUT2D eigenvalue weighted by molar-refractivity contribution is 6.31. The smallest absolute Gasteiger partial charge is 0.131 e. The van der Waals surface area contributed by atoms with Gasteiger partial charge in [-0.05, 0) is 30.9 Å². The molecule has 0 aliphatic rings. The summed E-state index contributed by atoms with van der Waals surface area (Å²) in [6, 6.07) is 5.60. The predicted molar refractivity (Wildman–Crippen MR) is 64.3 cm³/mol. The second-order valence-corrected chi connectivity index (χ2v) is 5.82. The Balaban J connectivity index is 3.30. The second kappa shape index (κ2) is 3.79. The van der Waals surface area contributed by atoms with Crippen LogP contribution in [-0.2, 0) is 11.1 Å². The zero-order valence-corrected chi connectivity index (χ0v) is 10.7. The fourth-order valence-corrected chi connectivity index (χ4v) is 1.79. The molecule has 1 rings (SSSR count). The van der Waals surface area contributed by atoms with E-state index in [0.717, 1.165) is 5.56 Å². The van der Waals surface area contributed by atoms with Crippen molar-refractivity contribution in [1.82, 2.24) is 0 Å². The van der Waals surface area contributed by atoms with Gasteiger partial charge in [0.05, 0.1) is 0 Å². The first-order valence-corrected chi connectivity index (χ1v) is 5.49. The lowest BCUT2D eigenvalue weighted by atomic mass is 9.84. The van der Waals surface area contributed by atoms with Crippen LogP contribution in [0.25, 0.3) is 0 Å². The summed E-state index contributed by atoms with van der Waals surface area (Å²) in [4.78, 5) is 0. The van der Waals surface area contributed by atoms with Crippen molar-refractivity contribution >= 4 is 11.6 Å². The average molecular weight is 229 g/mol. The molecule has 0 aliphatic heterocycles. The monoisotopic (exact) mass is 228 g/mol. The SMILES string of the molecule is CC(C)(C)c1ccc(Cl)c(C(C)(C)F)c1. The normalized spacial score (nSPS) is 13.0. The van der Waals surface area contributed by atoms with E-state index < -0.39 is 5.67 Å². The molecule has 84 valence electrons. The van der Waals surface area contributed by atoms with Gasteiger partial charge in [-0.15, -0.1) is 0 Å². The van der Waals surface area contributed by atoms with Crippen LogP contribution < -0.4 is 0 Å². The van der Waals surface area contributed by atoms with Crippen molar-refractivity contribution in [2.45, 2.75) is 45.7 Å². The minimum Gasteiger partial charge on any atom is -0.239 e. The van der Waals surface area contributed by atoms with Crippen LogP contribution in [-0.4, -0.2) is 0 Å². The quantitative estimate of drug-likeness (QED) is 0.645. The van der Waals surface area contributed by atoms with Gasteiger partial charge >= 0.3 is 0 Å². The number of hydrogen-bond donors (Lipinski definition) is 0. The van der Waals surface area contributed by atoms with E-state index >= 15 is 0 Å². The zero-order valence-electron chi connectivity index (χ0n) is 9.99. The van der Waals surface area contributed by atoms with E-state index in [2.05, 4.69) is 20.8 Å². The van der Waals surface area contributed by atoms with Crippen molar-refractivity contribution in [3.63, 3.8) is 0 Å². The molecule has 0 fully saturated rings. The molecular weight excluding hydrogens is 211 g/mol. The van der Waals surface area contributed by atoms with Crippen molar-refractivity contribution in [3.8, 4) is 0 Å². The van der Waals surface area contributed by atoms with Gasteiger partial charge in [-0.3, -0.25) is 0 Å². The molecule has 0 radical (unpaired) electrons. The molecule has 0 aliphatic carbocycles. The maximum Gasteiger partial charge on any atom is 0.131 e. The summed E-state index contributed by atoms with van der Waals surface area (Å²) in [5.41, 5.74) is 0.298. The van der Waals surface area contributed by atoms with Crippen molar-refractivity contribution in [2.75, 3.05) is 0 Å². The van der Waals surface area contributed by atoms with Crippen molar-refractivity contribution in [1.29, 1.82) is 0 Å². The van der Waals surface area contributed by atoms with Gasteiger partial charge in [0.15, 0.2) is 0 Å². The van der Waals surface area contributed by atoms with Crippen LogP contribution in [0.1, 0.15) is 45.7 Å². The Morgan fingerprint density at radius 2 is 1.60 bits per heavy atom. The minimum atomic E-state index is -1.39. The molecule has 0 unspecified atom stereocenters. The minimum absolute atomic E-state index is 0.0184. The lowest BCUT2D eigenvalue weighted by molar-refractivity contribution is 0.221. The van der Waals surface area contributed by atoms with Gasteiger partial charge < -0.3 is 0 Å². The number of rotatable bonds is 1. The van der Waals surface area contributed by atoms with Crippen molar-refractivity contribution in [3.05, 3.63) is 34.3 Å². The van der Waals surface area contributed by atoms with Gasteiger partial charge in [-0.2, -0.15) is 0 Å². The van der Waals surface area contributed by atoms with Gasteiger partial charge in [0.25, 0.3) is 0 Å². The maximum absolute atomic E-state index is 13.9. The van der Waals surface area contributed by atoms with Crippen molar-refractivity contribution < 1.29 is 4.39 Å². The molecule has 0 spiro atoms. The van der Waals surface area contributed by atoms with Crippen LogP contribution in [0.3, 0.4) is 0 Å². The summed E-state index contributed by atoms with van der Waals surface area (Å²) in [5, 5.41) is 0.496. The average Bonchev–Trinajstić information content (AvgIpc) is 2.00. The lowest BCUT2D eigenvalue weighted by Crippen LogP contribution is -2.15. The molecule has 0 aromatic heterocycles.